The van der Waals surface area contributed by atoms with Crippen molar-refractivity contribution in [1.29, 1.82) is 0 Å². The predicted molar refractivity (Wildman–Crippen MR) is 151 cm³/mol. The van der Waals surface area contributed by atoms with Gasteiger partial charge in [-0.2, -0.15) is 11.8 Å². The summed E-state index contributed by atoms with van der Waals surface area (Å²) in [4.78, 5) is 54.3. The summed E-state index contributed by atoms with van der Waals surface area (Å²) in [6.07, 6.45) is 4.53. The zero-order valence-corrected chi connectivity index (χ0v) is 23.6. The number of nitrogens with one attached hydrogen (secondary N) is 4. The second kappa shape index (κ2) is 14.8. The Morgan fingerprint density at radius 1 is 0.974 bits per heavy atom. The Morgan fingerprint density at radius 2 is 1.63 bits per heavy atom. The molecule has 4 atom stereocenters. The molecule has 0 fully saturated rings. The summed E-state index contributed by atoms with van der Waals surface area (Å²) >= 11 is 1.48. The van der Waals surface area contributed by atoms with Gasteiger partial charge in [0.15, 0.2) is 0 Å². The van der Waals surface area contributed by atoms with Gasteiger partial charge in [-0.25, -0.2) is 4.79 Å². The van der Waals surface area contributed by atoms with Gasteiger partial charge < -0.3 is 31.8 Å². The summed E-state index contributed by atoms with van der Waals surface area (Å²) in [5, 5.41) is 18.5. The lowest BCUT2D eigenvalue weighted by Gasteiger charge is -2.27. The highest BCUT2D eigenvalue weighted by atomic mass is 32.2. The molecule has 0 radical (unpaired) electrons. The van der Waals surface area contributed by atoms with Gasteiger partial charge in [-0.1, -0.05) is 45.9 Å². The van der Waals surface area contributed by atoms with E-state index >= 15 is 0 Å². The molecule has 11 heteroatoms. The summed E-state index contributed by atoms with van der Waals surface area (Å²) in [5.74, 6) is -2.30. The molecule has 0 bridgehead atoms. The van der Waals surface area contributed by atoms with Crippen molar-refractivity contribution in [2.24, 2.45) is 17.6 Å². The zero-order valence-electron chi connectivity index (χ0n) is 22.7. The summed E-state index contributed by atoms with van der Waals surface area (Å²) in [5.41, 5.74) is 7.80. The lowest BCUT2D eigenvalue weighted by molar-refractivity contribution is -0.142. The van der Waals surface area contributed by atoms with Gasteiger partial charge in [0.05, 0.1) is 6.04 Å². The topological polar surface area (TPSA) is 166 Å². The lowest BCUT2D eigenvalue weighted by Crippen LogP contribution is -2.59. The Kier molecular flexibility index (Phi) is 12.1. The van der Waals surface area contributed by atoms with Crippen molar-refractivity contribution in [1.82, 2.24) is 20.9 Å². The summed E-state index contributed by atoms with van der Waals surface area (Å²) in [6, 6.07) is 3.78. The SMILES string of the molecule is CSCCC(NC(=O)C(NC(=O)C(Cc1c[nH]c2ccccc12)NC(=O)C(N)CC(C)C)C(C)C)C(=O)O. The summed E-state index contributed by atoms with van der Waals surface area (Å²) < 4.78 is 0. The largest absolute Gasteiger partial charge is 0.480 e. The van der Waals surface area contributed by atoms with Gasteiger partial charge in [0, 0.05) is 23.5 Å². The smallest absolute Gasteiger partial charge is 0.326 e. The van der Waals surface area contributed by atoms with E-state index in [9.17, 15) is 24.3 Å². The van der Waals surface area contributed by atoms with Crippen molar-refractivity contribution in [2.75, 3.05) is 12.0 Å². The lowest BCUT2D eigenvalue weighted by atomic mass is 9.99. The van der Waals surface area contributed by atoms with E-state index in [0.29, 0.717) is 12.2 Å². The van der Waals surface area contributed by atoms with E-state index in [0.717, 1.165) is 16.5 Å². The molecule has 210 valence electrons. The highest BCUT2D eigenvalue weighted by Crippen LogP contribution is 2.19. The highest BCUT2D eigenvalue weighted by Gasteiger charge is 2.32. The number of benzene rings is 1. The third kappa shape index (κ3) is 9.05. The standard InChI is InChI=1S/C27H41N5O5S/c1-15(2)12-19(28)24(33)31-22(13-17-14-29-20-9-7-6-8-18(17)20)25(34)32-23(16(3)4)26(35)30-21(27(36)37)10-11-38-5/h6-9,14-16,19,21-23,29H,10-13,28H2,1-5H3,(H,30,35)(H,31,33)(H,32,34)(H,36,37). The molecule has 3 amide bonds. The van der Waals surface area contributed by atoms with Crippen LogP contribution in [0.15, 0.2) is 30.5 Å². The van der Waals surface area contributed by atoms with E-state index in [1.54, 1.807) is 20.0 Å². The van der Waals surface area contributed by atoms with E-state index < -0.39 is 47.9 Å². The number of aromatic amines is 1. The second-order valence-corrected chi connectivity index (χ2v) is 11.3. The number of para-hydroxylation sites is 1. The third-order valence-corrected chi connectivity index (χ3v) is 6.91. The van der Waals surface area contributed by atoms with E-state index in [1.165, 1.54) is 11.8 Å². The number of fused-ring (bicyclic) bond motifs is 1. The van der Waals surface area contributed by atoms with Gasteiger partial charge in [0.2, 0.25) is 17.7 Å². The van der Waals surface area contributed by atoms with E-state index in [2.05, 4.69) is 20.9 Å². The molecule has 1 heterocycles. The fourth-order valence-electron chi connectivity index (χ4n) is 4.17. The molecule has 1 aromatic carbocycles. The van der Waals surface area contributed by atoms with Gasteiger partial charge in [-0.3, -0.25) is 14.4 Å². The molecule has 1 aromatic heterocycles. The zero-order chi connectivity index (χ0) is 28.4. The number of aliphatic carboxylic acids is 1. The number of carbonyl (C=O) groups excluding carboxylic acids is 3. The van der Waals surface area contributed by atoms with Crippen molar-refractivity contribution in [3.8, 4) is 0 Å². The third-order valence-electron chi connectivity index (χ3n) is 6.27. The summed E-state index contributed by atoms with van der Waals surface area (Å²) in [6.45, 7) is 7.43. The van der Waals surface area contributed by atoms with Crippen LogP contribution in [0.3, 0.4) is 0 Å². The van der Waals surface area contributed by atoms with E-state index in [1.807, 2.05) is 44.4 Å². The van der Waals surface area contributed by atoms with E-state index in [4.69, 9.17) is 5.73 Å². The van der Waals surface area contributed by atoms with Crippen LogP contribution in [0.2, 0.25) is 0 Å². The first-order valence-corrected chi connectivity index (χ1v) is 14.3. The minimum Gasteiger partial charge on any atom is -0.480 e. The van der Waals surface area contributed by atoms with Crippen LogP contribution in [-0.4, -0.2) is 70.0 Å². The van der Waals surface area contributed by atoms with Gasteiger partial charge in [0.25, 0.3) is 0 Å². The van der Waals surface area contributed by atoms with Gasteiger partial charge in [-0.15, -0.1) is 0 Å². The van der Waals surface area contributed by atoms with Crippen molar-refractivity contribution >= 4 is 46.4 Å². The minimum absolute atomic E-state index is 0.174. The minimum atomic E-state index is -1.13. The molecular formula is C27H41N5O5S. The molecule has 0 spiro atoms. The van der Waals surface area contributed by atoms with Gasteiger partial charge in [-0.05, 0) is 48.3 Å². The predicted octanol–water partition coefficient (Wildman–Crippen LogP) is 2.03. The number of amides is 3. The number of carboxylic acids is 1. The van der Waals surface area contributed by atoms with Crippen LogP contribution in [0, 0.1) is 11.8 Å². The first kappa shape index (κ1) is 31.2. The fraction of sp³-hybridized carbons (Fsp3) is 0.556. The average Bonchev–Trinajstić information content (AvgIpc) is 3.26. The number of hydrogen-bond donors (Lipinski definition) is 6. The fourth-order valence-corrected chi connectivity index (χ4v) is 4.64. The number of nitrogens with two attached hydrogens (primary N) is 1. The number of carbonyl (C=O) groups is 4. The van der Waals surface area contributed by atoms with Crippen LogP contribution in [0.4, 0.5) is 0 Å². The Hall–Kier alpha value is -3.05. The van der Waals surface area contributed by atoms with Crippen molar-refractivity contribution in [3.63, 3.8) is 0 Å². The van der Waals surface area contributed by atoms with Crippen LogP contribution in [0.1, 0.15) is 46.1 Å². The van der Waals surface area contributed by atoms with Crippen molar-refractivity contribution < 1.29 is 24.3 Å². The maximum Gasteiger partial charge on any atom is 0.326 e. The Balaban J connectivity index is 2.26. The number of aromatic nitrogens is 1. The molecular weight excluding hydrogens is 506 g/mol. The van der Waals surface area contributed by atoms with E-state index in [-0.39, 0.29) is 24.7 Å². The highest BCUT2D eigenvalue weighted by molar-refractivity contribution is 7.98. The van der Waals surface area contributed by atoms with Crippen LogP contribution in [0.5, 0.6) is 0 Å². The maximum absolute atomic E-state index is 13.5. The number of H-pyrrole nitrogens is 1. The first-order chi connectivity index (χ1) is 17.9. The molecule has 0 aliphatic rings. The van der Waals surface area contributed by atoms with Crippen LogP contribution in [0.25, 0.3) is 10.9 Å². The molecule has 4 unspecified atom stereocenters. The number of thioether (sulfide) groups is 1. The molecule has 10 nitrogen and oxygen atoms in total. The van der Waals surface area contributed by atoms with Crippen LogP contribution in [-0.2, 0) is 25.6 Å². The molecule has 2 rings (SSSR count). The van der Waals surface area contributed by atoms with Crippen molar-refractivity contribution in [3.05, 3.63) is 36.0 Å². The number of hydrogen-bond acceptors (Lipinski definition) is 6. The normalized spacial score (nSPS) is 14.6. The number of rotatable bonds is 15. The van der Waals surface area contributed by atoms with Crippen LogP contribution < -0.4 is 21.7 Å². The van der Waals surface area contributed by atoms with Gasteiger partial charge in [0.1, 0.15) is 18.1 Å². The van der Waals surface area contributed by atoms with Crippen LogP contribution >= 0.6 is 11.8 Å². The quantitative estimate of drug-likeness (QED) is 0.198. The monoisotopic (exact) mass is 547 g/mol. The summed E-state index contributed by atoms with van der Waals surface area (Å²) in [7, 11) is 0. The first-order valence-electron chi connectivity index (χ1n) is 12.9. The molecule has 0 aliphatic carbocycles. The maximum atomic E-state index is 13.5. The molecule has 7 N–H and O–H groups in total. The molecule has 0 saturated carbocycles. The molecule has 0 saturated heterocycles. The molecule has 2 aromatic rings. The second-order valence-electron chi connectivity index (χ2n) is 10.3. The Morgan fingerprint density at radius 3 is 2.24 bits per heavy atom. The van der Waals surface area contributed by atoms with Gasteiger partial charge >= 0.3 is 5.97 Å². The molecule has 0 aliphatic heterocycles. The van der Waals surface area contributed by atoms with Crippen molar-refractivity contribution in [2.45, 2.75) is 71.1 Å². The average molecular weight is 548 g/mol. The molecule has 38 heavy (non-hydrogen) atoms. The Labute approximate surface area is 228 Å². The Bertz CT molecular complexity index is 1100. The number of carboxylic acid groups (broad SMARTS) is 1.